The number of halogens is 2. The molecule has 2 N–H and O–H groups in total. The number of aromatic nitrogens is 3. The summed E-state index contributed by atoms with van der Waals surface area (Å²) < 4.78 is 31.3. The van der Waals surface area contributed by atoms with Crippen molar-refractivity contribution in [1.82, 2.24) is 15.0 Å². The van der Waals surface area contributed by atoms with Gasteiger partial charge in [0.2, 0.25) is 11.9 Å². The highest BCUT2D eigenvalue weighted by atomic mass is 19.1. The molecule has 0 unspecified atom stereocenters. The van der Waals surface area contributed by atoms with Gasteiger partial charge in [-0.3, -0.25) is 0 Å². The molecule has 0 spiro atoms. The molecule has 0 aliphatic carbocycles. The van der Waals surface area contributed by atoms with Crippen LogP contribution in [0.5, 0.6) is 6.01 Å². The van der Waals surface area contributed by atoms with Gasteiger partial charge in [-0.05, 0) is 19.1 Å². The molecule has 1 aromatic heterocycles. The van der Waals surface area contributed by atoms with Crippen LogP contribution in [0.25, 0.3) is 0 Å². The molecule has 20 heavy (non-hydrogen) atoms. The first-order valence-electron chi connectivity index (χ1n) is 5.88. The van der Waals surface area contributed by atoms with Gasteiger partial charge in [-0.15, -0.1) is 0 Å². The van der Waals surface area contributed by atoms with Crippen molar-refractivity contribution in [2.75, 3.05) is 24.3 Å². The molecule has 0 fully saturated rings. The van der Waals surface area contributed by atoms with Gasteiger partial charge in [-0.2, -0.15) is 15.0 Å². The Bertz CT molecular complexity index is 608. The Kier molecular flexibility index (Phi) is 4.24. The number of anilines is 3. The van der Waals surface area contributed by atoms with E-state index in [1.165, 1.54) is 13.2 Å². The third kappa shape index (κ3) is 3.28. The van der Waals surface area contributed by atoms with Crippen molar-refractivity contribution in [3.05, 3.63) is 29.8 Å². The molecule has 2 rings (SSSR count). The Morgan fingerprint density at radius 3 is 2.55 bits per heavy atom. The standard InChI is InChI=1S/C12H13F2N5O/c1-3-15-10-17-11(19-12(18-10)20-2)16-9-5-4-7(13)6-8(9)14/h4-6H,3H2,1-2H3,(H2,15,16,17,18,19). The van der Waals surface area contributed by atoms with Crippen molar-refractivity contribution in [2.45, 2.75) is 6.92 Å². The van der Waals surface area contributed by atoms with E-state index in [0.29, 0.717) is 12.5 Å². The number of hydrogen-bond donors (Lipinski definition) is 2. The maximum atomic E-state index is 13.5. The SMILES string of the molecule is CCNc1nc(Nc2ccc(F)cc2F)nc(OC)n1. The molecule has 8 heteroatoms. The molecule has 0 radical (unpaired) electrons. The van der Waals surface area contributed by atoms with E-state index in [4.69, 9.17) is 4.74 Å². The summed E-state index contributed by atoms with van der Waals surface area (Å²) in [6.45, 7) is 2.49. The van der Waals surface area contributed by atoms with Crippen LogP contribution < -0.4 is 15.4 Å². The Labute approximate surface area is 114 Å². The van der Waals surface area contributed by atoms with Crippen molar-refractivity contribution < 1.29 is 13.5 Å². The average Bonchev–Trinajstić information content (AvgIpc) is 2.42. The largest absolute Gasteiger partial charge is 0.467 e. The predicted octanol–water partition coefficient (Wildman–Crippen LogP) is 2.33. The van der Waals surface area contributed by atoms with Crippen LogP contribution in [0.2, 0.25) is 0 Å². The number of nitrogens with zero attached hydrogens (tertiary/aromatic N) is 3. The molecule has 0 aliphatic heterocycles. The second-order valence-corrected chi connectivity index (χ2v) is 3.75. The van der Waals surface area contributed by atoms with Crippen molar-refractivity contribution in [2.24, 2.45) is 0 Å². The lowest BCUT2D eigenvalue weighted by atomic mass is 10.3. The van der Waals surface area contributed by atoms with Gasteiger partial charge >= 0.3 is 6.01 Å². The summed E-state index contributed by atoms with van der Waals surface area (Å²) in [6, 6.07) is 3.25. The number of methoxy groups -OCH3 is 1. The zero-order chi connectivity index (χ0) is 14.5. The fourth-order valence-corrected chi connectivity index (χ4v) is 1.45. The third-order valence-corrected chi connectivity index (χ3v) is 2.31. The monoisotopic (exact) mass is 281 g/mol. The van der Waals surface area contributed by atoms with Gasteiger partial charge in [0, 0.05) is 12.6 Å². The Morgan fingerprint density at radius 1 is 1.15 bits per heavy atom. The van der Waals surface area contributed by atoms with Crippen molar-refractivity contribution in [3.63, 3.8) is 0 Å². The van der Waals surface area contributed by atoms with Crippen LogP contribution in [0.3, 0.4) is 0 Å². The van der Waals surface area contributed by atoms with Gasteiger partial charge in [-0.1, -0.05) is 0 Å². The maximum absolute atomic E-state index is 13.5. The minimum Gasteiger partial charge on any atom is -0.467 e. The fourth-order valence-electron chi connectivity index (χ4n) is 1.45. The molecule has 2 aromatic rings. The fraction of sp³-hybridized carbons (Fsp3) is 0.250. The summed E-state index contributed by atoms with van der Waals surface area (Å²) in [7, 11) is 1.41. The van der Waals surface area contributed by atoms with E-state index in [-0.39, 0.29) is 17.6 Å². The Morgan fingerprint density at radius 2 is 1.90 bits per heavy atom. The van der Waals surface area contributed by atoms with Crippen molar-refractivity contribution in [1.29, 1.82) is 0 Å². The predicted molar refractivity (Wildman–Crippen MR) is 70.2 cm³/mol. The smallest absolute Gasteiger partial charge is 0.322 e. The minimum absolute atomic E-state index is 0.0575. The van der Waals surface area contributed by atoms with E-state index in [9.17, 15) is 8.78 Å². The lowest BCUT2D eigenvalue weighted by molar-refractivity contribution is 0.379. The molecule has 0 aliphatic rings. The number of hydrogen-bond acceptors (Lipinski definition) is 6. The summed E-state index contributed by atoms with van der Waals surface area (Å²) >= 11 is 0. The second-order valence-electron chi connectivity index (χ2n) is 3.75. The van der Waals surface area contributed by atoms with Crippen molar-refractivity contribution >= 4 is 17.6 Å². The van der Waals surface area contributed by atoms with Crippen LogP contribution in [-0.2, 0) is 0 Å². The first kappa shape index (κ1) is 13.9. The molecule has 0 atom stereocenters. The molecule has 0 saturated carbocycles. The molecule has 0 bridgehead atoms. The molecule has 1 heterocycles. The molecular weight excluding hydrogens is 268 g/mol. The molecule has 106 valence electrons. The zero-order valence-corrected chi connectivity index (χ0v) is 10.9. The highest BCUT2D eigenvalue weighted by molar-refractivity contribution is 5.55. The van der Waals surface area contributed by atoms with Gasteiger partial charge in [-0.25, -0.2) is 8.78 Å². The van der Waals surface area contributed by atoms with E-state index in [1.807, 2.05) is 6.92 Å². The number of benzene rings is 1. The van der Waals surface area contributed by atoms with Crippen LogP contribution in [0, 0.1) is 11.6 Å². The number of rotatable bonds is 5. The topological polar surface area (TPSA) is 72.0 Å². The number of ether oxygens (including phenoxy) is 1. The lowest BCUT2D eigenvalue weighted by Crippen LogP contribution is -2.08. The minimum atomic E-state index is -0.741. The first-order valence-corrected chi connectivity index (χ1v) is 5.88. The third-order valence-electron chi connectivity index (χ3n) is 2.31. The molecule has 0 saturated heterocycles. The highest BCUT2D eigenvalue weighted by Crippen LogP contribution is 2.20. The van der Waals surface area contributed by atoms with Crippen LogP contribution in [0.4, 0.5) is 26.4 Å². The van der Waals surface area contributed by atoms with E-state index in [2.05, 4.69) is 25.6 Å². The van der Waals surface area contributed by atoms with E-state index in [0.717, 1.165) is 12.1 Å². The quantitative estimate of drug-likeness (QED) is 0.876. The van der Waals surface area contributed by atoms with E-state index >= 15 is 0 Å². The maximum Gasteiger partial charge on any atom is 0.322 e. The summed E-state index contributed by atoms with van der Waals surface area (Å²) in [5, 5.41) is 5.55. The zero-order valence-electron chi connectivity index (χ0n) is 10.9. The lowest BCUT2D eigenvalue weighted by Gasteiger charge is -2.09. The highest BCUT2D eigenvalue weighted by Gasteiger charge is 2.09. The van der Waals surface area contributed by atoms with Gasteiger partial charge < -0.3 is 15.4 Å². The van der Waals surface area contributed by atoms with Crippen LogP contribution >= 0.6 is 0 Å². The molecular formula is C12H13F2N5O. The first-order chi connectivity index (χ1) is 9.62. The second kappa shape index (κ2) is 6.09. The molecule has 0 amide bonds. The van der Waals surface area contributed by atoms with Crippen LogP contribution in [0.15, 0.2) is 18.2 Å². The van der Waals surface area contributed by atoms with Crippen LogP contribution in [-0.4, -0.2) is 28.6 Å². The van der Waals surface area contributed by atoms with Gasteiger partial charge in [0.1, 0.15) is 11.6 Å². The molecule has 1 aromatic carbocycles. The average molecular weight is 281 g/mol. The van der Waals surface area contributed by atoms with Gasteiger partial charge in [0.15, 0.2) is 0 Å². The van der Waals surface area contributed by atoms with E-state index in [1.54, 1.807) is 0 Å². The van der Waals surface area contributed by atoms with Crippen LogP contribution in [0.1, 0.15) is 6.92 Å². The van der Waals surface area contributed by atoms with Crippen molar-refractivity contribution in [3.8, 4) is 6.01 Å². The summed E-state index contributed by atoms with van der Waals surface area (Å²) in [5.74, 6) is -1.01. The Balaban J connectivity index is 2.29. The van der Waals surface area contributed by atoms with E-state index < -0.39 is 11.6 Å². The normalized spacial score (nSPS) is 10.2. The summed E-state index contributed by atoms with van der Waals surface area (Å²) in [4.78, 5) is 12.0. The molecule has 6 nitrogen and oxygen atoms in total. The Hall–Kier alpha value is -2.51. The van der Waals surface area contributed by atoms with Gasteiger partial charge in [0.05, 0.1) is 12.8 Å². The summed E-state index contributed by atoms with van der Waals surface area (Å²) in [6.07, 6.45) is 0. The van der Waals surface area contributed by atoms with Gasteiger partial charge in [0.25, 0.3) is 0 Å². The summed E-state index contributed by atoms with van der Waals surface area (Å²) in [5.41, 5.74) is 0.0575. The number of nitrogens with one attached hydrogen (secondary N) is 2.